The number of hydrogen-bond donors (Lipinski definition) is 0. The number of rotatable bonds is 7. The largest absolute Gasteiger partial charge is 0.396 e. The number of hydrogen-bond acceptors (Lipinski definition) is 5. The monoisotopic (exact) mass is 743 g/mol. The first kappa shape index (κ1) is 33.4. The molecule has 0 unspecified atom stereocenters. The molecular formula is C51H33N7. The molecule has 0 spiro atoms. The third-order valence-electron chi connectivity index (χ3n) is 10.8. The van der Waals surface area contributed by atoms with E-state index in [2.05, 4.69) is 114 Å². The van der Waals surface area contributed by atoms with E-state index < -0.39 is 0 Å². The molecule has 0 N–H and O–H groups in total. The Morgan fingerprint density at radius 3 is 1.78 bits per heavy atom. The lowest BCUT2D eigenvalue weighted by atomic mass is 9.96. The van der Waals surface area contributed by atoms with Crippen molar-refractivity contribution in [1.82, 2.24) is 30.0 Å². The molecule has 0 aliphatic carbocycles. The highest BCUT2D eigenvalue weighted by molar-refractivity contribution is 6.10. The summed E-state index contributed by atoms with van der Waals surface area (Å²) in [5.74, 6) is 1.40. The van der Waals surface area contributed by atoms with Crippen LogP contribution in [0.4, 0.5) is 0 Å². The van der Waals surface area contributed by atoms with Gasteiger partial charge in [0.15, 0.2) is 0 Å². The Hall–Kier alpha value is -7.90. The molecule has 0 amide bonds. The molecule has 11 rings (SSSR count). The van der Waals surface area contributed by atoms with E-state index in [1.54, 1.807) is 0 Å². The second-order valence-electron chi connectivity index (χ2n) is 14.5. The van der Waals surface area contributed by atoms with Gasteiger partial charge in [-0.1, -0.05) is 133 Å². The normalized spacial score (nSPS) is 11.5. The first-order chi connectivity index (χ1) is 28.7. The highest BCUT2D eigenvalue weighted by Gasteiger charge is 2.14. The molecule has 0 saturated carbocycles. The summed E-state index contributed by atoms with van der Waals surface area (Å²) in [6, 6.07) is 60.7. The van der Waals surface area contributed by atoms with Crippen molar-refractivity contribution >= 4 is 43.6 Å². The number of nitrogens with zero attached hydrogens (tertiary/aromatic N) is 7. The maximum Gasteiger partial charge on any atom is 0.145 e. The molecule has 7 nitrogen and oxygen atoms in total. The Balaban J connectivity index is 0.923. The van der Waals surface area contributed by atoms with E-state index in [0.29, 0.717) is 12.4 Å². The summed E-state index contributed by atoms with van der Waals surface area (Å²) in [4.78, 5) is 24.7. The van der Waals surface area contributed by atoms with Crippen molar-refractivity contribution in [2.75, 3.05) is 0 Å². The summed E-state index contributed by atoms with van der Waals surface area (Å²) in [5, 5.41) is 9.24. The summed E-state index contributed by atoms with van der Waals surface area (Å²) in [5.41, 5.74) is 12.9. The molecule has 0 bridgehead atoms. The van der Waals surface area contributed by atoms with Crippen molar-refractivity contribution < 1.29 is 4.68 Å². The lowest BCUT2D eigenvalue weighted by Gasteiger charge is -2.11. The third kappa shape index (κ3) is 6.11. The Morgan fingerprint density at radius 1 is 0.431 bits per heavy atom. The molecule has 11 aromatic rings. The summed E-state index contributed by atoms with van der Waals surface area (Å²) in [7, 11) is 0. The summed E-state index contributed by atoms with van der Waals surface area (Å²) in [6.07, 6.45) is 3.65. The van der Waals surface area contributed by atoms with Crippen molar-refractivity contribution in [3.05, 3.63) is 194 Å². The molecule has 272 valence electrons. The fourth-order valence-electron chi connectivity index (χ4n) is 7.82. The van der Waals surface area contributed by atoms with Crippen molar-refractivity contribution in [3.8, 4) is 56.4 Å². The molecule has 0 aliphatic rings. The first-order valence-corrected chi connectivity index (χ1v) is 19.3. The number of fused-ring (bicyclic) bond motifs is 5. The van der Waals surface area contributed by atoms with Crippen LogP contribution in [0.2, 0.25) is 0 Å². The standard InChI is InChI=1S/C51H33N7/c1-3-9-33(10-4-1)32-58-51(56-50(57-58)38-11-5-2-6-12-38)45-26-24-37-20-22-40(31-47(37)55-45)39-21-19-36-23-25-44(54-46(36)30-39)35-17-15-34(16-18-35)43-29-41-13-7-27-52-48(41)49-42(43)14-8-28-53-49/h1-31H,32H2. The topological polar surface area (TPSA) is 82.4 Å². The zero-order chi connectivity index (χ0) is 38.4. The van der Waals surface area contributed by atoms with Crippen LogP contribution in [0, 0.1) is 0 Å². The average Bonchev–Trinajstić information content (AvgIpc) is 3.72. The molecule has 0 radical (unpaired) electrons. The van der Waals surface area contributed by atoms with Crippen LogP contribution in [-0.4, -0.2) is 24.9 Å². The molecule has 0 saturated heterocycles. The van der Waals surface area contributed by atoms with Gasteiger partial charge in [0.2, 0.25) is 0 Å². The van der Waals surface area contributed by atoms with E-state index in [-0.39, 0.29) is 0 Å². The number of benzene rings is 6. The third-order valence-corrected chi connectivity index (χ3v) is 10.8. The van der Waals surface area contributed by atoms with E-state index in [1.807, 2.05) is 83.8 Å². The van der Waals surface area contributed by atoms with Crippen molar-refractivity contribution in [3.63, 3.8) is 0 Å². The maximum atomic E-state index is 5.17. The second kappa shape index (κ2) is 14.0. The number of pyridine rings is 4. The van der Waals surface area contributed by atoms with Gasteiger partial charge in [-0.05, 0) is 81.7 Å². The summed E-state index contributed by atoms with van der Waals surface area (Å²) in [6.45, 7) is 0.587. The van der Waals surface area contributed by atoms with Crippen LogP contribution < -0.4 is 9.78 Å². The van der Waals surface area contributed by atoms with Crippen molar-refractivity contribution in [2.45, 2.75) is 6.54 Å². The van der Waals surface area contributed by atoms with Crippen molar-refractivity contribution in [2.24, 2.45) is 0 Å². The lowest BCUT2D eigenvalue weighted by molar-refractivity contribution is -0.737. The van der Waals surface area contributed by atoms with E-state index in [1.165, 1.54) is 0 Å². The van der Waals surface area contributed by atoms with Crippen LogP contribution in [0.1, 0.15) is 5.56 Å². The van der Waals surface area contributed by atoms with Gasteiger partial charge in [0.05, 0.1) is 27.8 Å². The Bertz CT molecular complexity index is 3300. The van der Waals surface area contributed by atoms with Crippen LogP contribution in [0.3, 0.4) is 0 Å². The van der Waals surface area contributed by atoms with Gasteiger partial charge in [0, 0.05) is 39.5 Å². The van der Waals surface area contributed by atoms with Gasteiger partial charge in [-0.15, -0.1) is 0 Å². The lowest BCUT2D eigenvalue weighted by Crippen LogP contribution is -2.40. The molecule has 0 atom stereocenters. The van der Waals surface area contributed by atoms with E-state index in [0.717, 1.165) is 99.8 Å². The summed E-state index contributed by atoms with van der Waals surface area (Å²) < 4.78 is 1.95. The minimum Gasteiger partial charge on any atom is -0.396 e. The fourth-order valence-corrected chi connectivity index (χ4v) is 7.82. The van der Waals surface area contributed by atoms with Gasteiger partial charge in [-0.3, -0.25) is 19.7 Å². The van der Waals surface area contributed by atoms with Crippen LogP contribution in [0.5, 0.6) is 0 Å². The SMILES string of the molecule is c1ccc(C[n+]2[n-]c(-c3ccccc3)nc2-c2ccc3ccc(-c4ccc5ccc(-c6ccc(-c7cc8cccnc8c8ncccc78)cc6)nc5c4)cc3n2)cc1. The van der Waals surface area contributed by atoms with E-state index in [9.17, 15) is 0 Å². The molecule has 6 aromatic carbocycles. The van der Waals surface area contributed by atoms with Gasteiger partial charge < -0.3 is 4.98 Å². The Labute approximate surface area is 334 Å². The molecule has 58 heavy (non-hydrogen) atoms. The van der Waals surface area contributed by atoms with Crippen LogP contribution in [0.15, 0.2) is 188 Å². The summed E-state index contributed by atoms with van der Waals surface area (Å²) >= 11 is 0. The van der Waals surface area contributed by atoms with E-state index in [4.69, 9.17) is 25.0 Å². The molecule has 5 aromatic heterocycles. The van der Waals surface area contributed by atoms with E-state index >= 15 is 0 Å². The van der Waals surface area contributed by atoms with Gasteiger partial charge >= 0.3 is 0 Å². The quantitative estimate of drug-likeness (QED) is 0.119. The molecule has 7 heteroatoms. The van der Waals surface area contributed by atoms with Crippen molar-refractivity contribution in [1.29, 1.82) is 0 Å². The molecule has 0 fully saturated rings. The Kier molecular flexibility index (Phi) is 8.07. The average molecular weight is 744 g/mol. The van der Waals surface area contributed by atoms with Gasteiger partial charge in [-0.2, -0.15) is 0 Å². The van der Waals surface area contributed by atoms with Gasteiger partial charge in [0.25, 0.3) is 0 Å². The van der Waals surface area contributed by atoms with Crippen LogP contribution in [0.25, 0.3) is 100 Å². The highest BCUT2D eigenvalue weighted by Crippen LogP contribution is 2.35. The van der Waals surface area contributed by atoms with Crippen LogP contribution >= 0.6 is 0 Å². The number of aromatic nitrogens is 7. The predicted octanol–water partition coefficient (Wildman–Crippen LogP) is 10.9. The Morgan fingerprint density at radius 2 is 1.03 bits per heavy atom. The maximum absolute atomic E-state index is 5.17. The smallest absolute Gasteiger partial charge is 0.145 e. The predicted molar refractivity (Wildman–Crippen MR) is 232 cm³/mol. The van der Waals surface area contributed by atoms with Gasteiger partial charge in [-0.25, -0.2) is 9.97 Å². The molecular weight excluding hydrogens is 711 g/mol. The minimum absolute atomic E-state index is 0.587. The minimum atomic E-state index is 0.587. The zero-order valence-electron chi connectivity index (χ0n) is 31.2. The highest BCUT2D eigenvalue weighted by atomic mass is 15.4. The first-order valence-electron chi connectivity index (χ1n) is 19.3. The zero-order valence-corrected chi connectivity index (χ0v) is 31.2. The second-order valence-corrected chi connectivity index (χ2v) is 14.5. The van der Waals surface area contributed by atoms with Gasteiger partial charge in [0.1, 0.15) is 18.1 Å². The van der Waals surface area contributed by atoms with Crippen LogP contribution in [-0.2, 0) is 6.54 Å². The molecule has 5 heterocycles. The fraction of sp³-hybridized carbons (Fsp3) is 0.0196. The molecule has 0 aliphatic heterocycles.